The van der Waals surface area contributed by atoms with Crippen molar-refractivity contribution in [1.82, 2.24) is 4.31 Å². The van der Waals surface area contributed by atoms with Crippen LogP contribution in [0.5, 0.6) is 5.75 Å². The Kier molecular flexibility index (Phi) is 6.01. The molecule has 0 saturated heterocycles. The summed E-state index contributed by atoms with van der Waals surface area (Å²) in [4.78, 5) is 0.253. The Morgan fingerprint density at radius 2 is 1.86 bits per heavy atom. The maximum Gasteiger partial charge on any atom is 0.216 e. The van der Waals surface area contributed by atoms with E-state index >= 15 is 4.39 Å². The number of hydrogen-bond donors (Lipinski definition) is 1. The van der Waals surface area contributed by atoms with E-state index < -0.39 is 27.1 Å². The number of halogens is 1. The molecule has 8 heteroatoms. The van der Waals surface area contributed by atoms with Crippen LogP contribution in [0.2, 0.25) is 0 Å². The lowest BCUT2D eigenvalue weighted by Crippen LogP contribution is -2.44. The molecule has 0 saturated carbocycles. The van der Waals surface area contributed by atoms with Gasteiger partial charge in [0.25, 0.3) is 0 Å². The SMILES string of the molecule is COc1ccc(CN(C)S(=O)(=O)C[C@](C)(N)c2sc3c(C)cccc3c2F)cc1. The van der Waals surface area contributed by atoms with Gasteiger partial charge in [0.1, 0.15) is 11.6 Å². The number of methoxy groups -OCH3 is 1. The van der Waals surface area contributed by atoms with Gasteiger partial charge in [0.2, 0.25) is 10.0 Å². The lowest BCUT2D eigenvalue weighted by Gasteiger charge is -2.26. The fourth-order valence-corrected chi connectivity index (χ4v) is 6.00. The Hall–Kier alpha value is -2.00. The lowest BCUT2D eigenvalue weighted by molar-refractivity contribution is 0.414. The van der Waals surface area contributed by atoms with Crippen molar-refractivity contribution in [3.05, 3.63) is 64.3 Å². The van der Waals surface area contributed by atoms with Gasteiger partial charge in [-0.1, -0.05) is 30.3 Å². The molecule has 5 nitrogen and oxygen atoms in total. The molecule has 1 atom stereocenters. The molecule has 29 heavy (non-hydrogen) atoms. The van der Waals surface area contributed by atoms with Crippen LogP contribution in [0.15, 0.2) is 42.5 Å². The summed E-state index contributed by atoms with van der Waals surface area (Å²) in [5.74, 6) is -0.133. The third-order valence-corrected chi connectivity index (χ3v) is 8.53. The number of thiophene rings is 1. The number of ether oxygens (including phenoxy) is 1. The van der Waals surface area contributed by atoms with Gasteiger partial charge in [-0.05, 0) is 37.1 Å². The number of hydrogen-bond acceptors (Lipinski definition) is 5. The number of benzene rings is 2. The summed E-state index contributed by atoms with van der Waals surface area (Å²) in [6.07, 6.45) is 0. The van der Waals surface area contributed by atoms with Crippen molar-refractivity contribution >= 4 is 31.4 Å². The molecule has 0 unspecified atom stereocenters. The molecule has 2 aromatic carbocycles. The second-order valence-electron chi connectivity index (χ2n) is 7.47. The highest BCUT2D eigenvalue weighted by atomic mass is 32.2. The smallest absolute Gasteiger partial charge is 0.216 e. The van der Waals surface area contributed by atoms with Crippen molar-refractivity contribution in [3.63, 3.8) is 0 Å². The van der Waals surface area contributed by atoms with Gasteiger partial charge in [-0.2, -0.15) is 0 Å². The number of rotatable bonds is 7. The van der Waals surface area contributed by atoms with Crippen molar-refractivity contribution < 1.29 is 17.5 Å². The van der Waals surface area contributed by atoms with E-state index in [1.54, 1.807) is 50.4 Å². The molecule has 0 fully saturated rings. The molecule has 0 amide bonds. The fourth-order valence-electron chi connectivity index (χ4n) is 3.24. The normalized spacial score (nSPS) is 14.3. The highest BCUT2D eigenvalue weighted by Crippen LogP contribution is 2.38. The zero-order valence-corrected chi connectivity index (χ0v) is 18.5. The Labute approximate surface area is 175 Å². The number of fused-ring (bicyclic) bond motifs is 1. The number of aryl methyl sites for hydroxylation is 1. The minimum absolute atomic E-state index is 0.191. The minimum Gasteiger partial charge on any atom is -0.497 e. The van der Waals surface area contributed by atoms with Crippen molar-refractivity contribution in [2.45, 2.75) is 25.9 Å². The van der Waals surface area contributed by atoms with Crippen LogP contribution in [0.1, 0.15) is 22.9 Å². The van der Waals surface area contributed by atoms with Crippen LogP contribution in [-0.2, 0) is 22.1 Å². The van der Waals surface area contributed by atoms with E-state index in [1.807, 2.05) is 13.0 Å². The molecule has 0 aliphatic rings. The molecule has 1 aromatic heterocycles. The lowest BCUT2D eigenvalue weighted by atomic mass is 10.0. The van der Waals surface area contributed by atoms with Gasteiger partial charge < -0.3 is 10.5 Å². The molecule has 3 aromatic rings. The summed E-state index contributed by atoms with van der Waals surface area (Å²) in [5.41, 5.74) is 6.76. The van der Waals surface area contributed by atoms with Gasteiger partial charge in [0.15, 0.2) is 0 Å². The molecule has 156 valence electrons. The Morgan fingerprint density at radius 3 is 2.45 bits per heavy atom. The quantitative estimate of drug-likeness (QED) is 0.608. The van der Waals surface area contributed by atoms with Gasteiger partial charge in [-0.3, -0.25) is 0 Å². The van der Waals surface area contributed by atoms with E-state index in [0.717, 1.165) is 15.8 Å². The van der Waals surface area contributed by atoms with E-state index in [4.69, 9.17) is 10.5 Å². The molecule has 0 aliphatic heterocycles. The molecule has 2 N–H and O–H groups in total. The van der Waals surface area contributed by atoms with Crippen molar-refractivity contribution in [3.8, 4) is 5.75 Å². The maximum absolute atomic E-state index is 15.0. The summed E-state index contributed by atoms with van der Waals surface area (Å²) in [6, 6.07) is 12.5. The van der Waals surface area contributed by atoms with Crippen LogP contribution < -0.4 is 10.5 Å². The average molecular weight is 437 g/mol. The first-order valence-electron chi connectivity index (χ1n) is 9.09. The van der Waals surface area contributed by atoms with Crippen LogP contribution in [0.25, 0.3) is 10.1 Å². The molecule has 0 spiro atoms. The largest absolute Gasteiger partial charge is 0.497 e. The topological polar surface area (TPSA) is 72.6 Å². The van der Waals surface area contributed by atoms with Crippen molar-refractivity contribution in [2.75, 3.05) is 19.9 Å². The summed E-state index contributed by atoms with van der Waals surface area (Å²) in [7, 11) is -0.654. The van der Waals surface area contributed by atoms with E-state index in [9.17, 15) is 8.42 Å². The van der Waals surface area contributed by atoms with Crippen LogP contribution in [0, 0.1) is 12.7 Å². The number of nitrogens with zero attached hydrogens (tertiary/aromatic N) is 1. The third kappa shape index (κ3) is 4.45. The van der Waals surface area contributed by atoms with E-state index in [-0.39, 0.29) is 11.4 Å². The second-order valence-corrected chi connectivity index (χ2v) is 10.6. The predicted molar refractivity (Wildman–Crippen MR) is 116 cm³/mol. The molecule has 0 radical (unpaired) electrons. The fraction of sp³-hybridized carbons (Fsp3) is 0.333. The zero-order valence-electron chi connectivity index (χ0n) is 16.9. The van der Waals surface area contributed by atoms with Crippen LogP contribution in [-0.4, -0.2) is 32.6 Å². The molecule has 0 bridgehead atoms. The maximum atomic E-state index is 15.0. The first-order chi connectivity index (χ1) is 13.5. The highest BCUT2D eigenvalue weighted by Gasteiger charge is 2.35. The second kappa shape index (κ2) is 8.02. The van der Waals surface area contributed by atoms with Crippen molar-refractivity contribution in [2.24, 2.45) is 5.73 Å². The summed E-state index contributed by atoms with van der Waals surface area (Å²) in [6.45, 7) is 3.65. The van der Waals surface area contributed by atoms with Gasteiger partial charge in [0.05, 0.1) is 23.3 Å². The average Bonchev–Trinajstić information content (AvgIpc) is 3.01. The van der Waals surface area contributed by atoms with Gasteiger partial charge in [-0.15, -0.1) is 11.3 Å². The number of nitrogens with two attached hydrogens (primary N) is 1. The van der Waals surface area contributed by atoms with Crippen LogP contribution >= 0.6 is 11.3 Å². The molecular weight excluding hydrogens is 411 g/mol. The predicted octanol–water partition coefficient (Wildman–Crippen LogP) is 3.99. The summed E-state index contributed by atoms with van der Waals surface area (Å²) in [5, 5.41) is 0.477. The van der Waals surface area contributed by atoms with E-state index in [1.165, 1.54) is 22.7 Å². The van der Waals surface area contributed by atoms with Gasteiger partial charge in [0, 0.05) is 23.7 Å². The molecule has 3 rings (SSSR count). The Morgan fingerprint density at radius 1 is 1.21 bits per heavy atom. The van der Waals surface area contributed by atoms with Gasteiger partial charge >= 0.3 is 0 Å². The van der Waals surface area contributed by atoms with E-state index in [2.05, 4.69) is 0 Å². The molecular formula is C21H25FN2O3S2. The van der Waals surface area contributed by atoms with Crippen molar-refractivity contribution in [1.29, 1.82) is 0 Å². The minimum atomic E-state index is -3.73. The summed E-state index contributed by atoms with van der Waals surface area (Å²) >= 11 is 1.22. The third-order valence-electron chi connectivity index (χ3n) is 4.89. The standard InChI is InChI=1S/C21H25FN2O3S2/c1-14-6-5-7-17-18(22)20(28-19(14)17)21(2,23)13-29(25,26)24(3)12-15-8-10-16(27-4)11-9-15/h5-11H,12-13,23H2,1-4H3/t21-/m0/s1. The van der Waals surface area contributed by atoms with Crippen LogP contribution in [0.3, 0.4) is 0 Å². The first-order valence-corrected chi connectivity index (χ1v) is 11.5. The highest BCUT2D eigenvalue weighted by molar-refractivity contribution is 7.89. The summed E-state index contributed by atoms with van der Waals surface area (Å²) < 4.78 is 48.1. The monoisotopic (exact) mass is 436 g/mol. The zero-order chi connectivity index (χ0) is 21.4. The Balaban J connectivity index is 1.84. The first kappa shape index (κ1) is 21.7. The van der Waals surface area contributed by atoms with Gasteiger partial charge in [-0.25, -0.2) is 17.1 Å². The molecule has 0 aliphatic carbocycles. The number of sulfonamides is 1. The van der Waals surface area contributed by atoms with E-state index in [0.29, 0.717) is 11.1 Å². The molecule has 1 heterocycles. The van der Waals surface area contributed by atoms with Crippen LogP contribution in [0.4, 0.5) is 4.39 Å². The Bertz CT molecular complexity index is 1120.